The Morgan fingerprint density at radius 1 is 0.593 bits per heavy atom. The Hall–Kier alpha value is -1.96. The van der Waals surface area contributed by atoms with Gasteiger partial charge >= 0.3 is 338 Å². The molecule has 2 atom stereocenters. The average molecular weight is 852 g/mol. The summed E-state index contributed by atoms with van der Waals surface area (Å²) >= 11 is -5.01. The van der Waals surface area contributed by atoms with Crippen molar-refractivity contribution < 1.29 is 15.6 Å². The third-order valence-corrected chi connectivity index (χ3v) is 66.6. The van der Waals surface area contributed by atoms with E-state index in [0.717, 1.165) is 12.8 Å². The van der Waals surface area contributed by atoms with Gasteiger partial charge in [-0.1, -0.05) is 0 Å². The molecule has 0 amide bonds. The third-order valence-electron chi connectivity index (χ3n) is 14.8. The van der Waals surface area contributed by atoms with Gasteiger partial charge in [0.2, 0.25) is 0 Å². The van der Waals surface area contributed by atoms with E-state index in [1.54, 1.807) is 11.1 Å². The van der Waals surface area contributed by atoms with Crippen molar-refractivity contribution in [1.82, 2.24) is 0 Å². The number of allylic oxidation sites excluding steroid dienone is 2. The number of halogens is 2. The van der Waals surface area contributed by atoms with E-state index in [2.05, 4.69) is 138 Å². The normalized spacial score (nSPS) is 21.7. The Bertz CT molecular complexity index is 1950. The van der Waals surface area contributed by atoms with E-state index in [9.17, 15) is 0 Å². The molecule has 0 nitrogen and oxygen atoms in total. The summed E-state index contributed by atoms with van der Waals surface area (Å²) in [5.41, 5.74) is 17.4. The molecule has 4 aromatic rings. The molecule has 0 N–H and O–H groups in total. The van der Waals surface area contributed by atoms with E-state index in [1.807, 2.05) is 0 Å². The van der Waals surface area contributed by atoms with Crippen molar-refractivity contribution in [2.45, 2.75) is 125 Å². The Balaban J connectivity index is 1.36. The Morgan fingerprint density at radius 3 is 1.30 bits per heavy atom. The van der Waals surface area contributed by atoms with Gasteiger partial charge < -0.3 is 0 Å². The van der Waals surface area contributed by atoms with Crippen LogP contribution < -0.4 is 0 Å². The van der Waals surface area contributed by atoms with Crippen LogP contribution in [-0.4, -0.2) is 5.92 Å². The van der Waals surface area contributed by atoms with Gasteiger partial charge in [0.05, 0.1) is 0 Å². The topological polar surface area (TPSA) is 0 Å². The second-order valence-corrected chi connectivity index (χ2v) is 61.1. The van der Waals surface area contributed by atoms with E-state index in [1.165, 1.54) is 120 Å². The van der Waals surface area contributed by atoms with Crippen LogP contribution in [0.3, 0.4) is 0 Å². The zero-order valence-corrected chi connectivity index (χ0v) is 38.8. The molecule has 4 aromatic carbocycles. The molecule has 2 unspecified atom stereocenters. The summed E-state index contributed by atoms with van der Waals surface area (Å²) in [7, 11) is 18.2. The quantitative estimate of drug-likeness (QED) is 0.118. The molecule has 4 heteroatoms. The molecule has 0 spiro atoms. The van der Waals surface area contributed by atoms with E-state index in [0.29, 0.717) is 10.8 Å². The Morgan fingerprint density at radius 2 is 0.981 bits per heavy atom. The molecule has 0 aromatic heterocycles. The molecule has 0 heterocycles. The molecule has 0 radical (unpaired) electrons. The summed E-state index contributed by atoms with van der Waals surface area (Å²) in [6.07, 6.45) is 20.6. The van der Waals surface area contributed by atoms with Crippen LogP contribution in [0.2, 0.25) is 13.1 Å². The maximum absolute atomic E-state index is 9.11. The van der Waals surface area contributed by atoms with Crippen LogP contribution in [0.25, 0.3) is 34.4 Å². The number of benzene rings is 4. The van der Waals surface area contributed by atoms with Crippen LogP contribution in [0.5, 0.6) is 0 Å². The molecule has 0 aliphatic heterocycles. The monoisotopic (exact) mass is 849 g/mol. The van der Waals surface area contributed by atoms with Gasteiger partial charge in [0, 0.05) is 0 Å². The first-order valence-corrected chi connectivity index (χ1v) is 37.6. The van der Waals surface area contributed by atoms with Crippen LogP contribution >= 0.6 is 17.0 Å². The predicted octanol–water partition coefficient (Wildman–Crippen LogP) is 15.9. The van der Waals surface area contributed by atoms with E-state index < -0.39 is 21.5 Å². The molecule has 0 saturated heterocycles. The van der Waals surface area contributed by atoms with Gasteiger partial charge in [-0.3, -0.25) is 0 Å². The maximum atomic E-state index is 9.11. The van der Waals surface area contributed by atoms with Crippen LogP contribution in [0.1, 0.15) is 132 Å². The van der Waals surface area contributed by atoms with Crippen LogP contribution in [0, 0.1) is 24.7 Å². The van der Waals surface area contributed by atoms with Crippen molar-refractivity contribution in [3.8, 4) is 22.3 Å². The number of hydrogen-bond acceptors (Lipinski definition) is 0. The second-order valence-electron chi connectivity index (χ2n) is 18.6. The van der Waals surface area contributed by atoms with Gasteiger partial charge in [-0.15, -0.1) is 0 Å². The Kier molecular flexibility index (Phi) is 10.6. The molecule has 283 valence electrons. The standard InChI is InChI=1S/2C24H27.C2H7Si.2ClH.Zr/c2*1-3-12-24(13-5-14-24)17-19-15-21-6-4-7-22(23(21)16-19)20-10-8-18(2)9-11-20;1-3-2;;;/h2*4,6-11,15-16H,3,5,12-14,17H2,1-2H3;3H,1-2H3;2*1H;/q;;;;;+2/p-2. The summed E-state index contributed by atoms with van der Waals surface area (Å²) in [4.78, 5) is 0. The molecule has 8 rings (SSSR count). The summed E-state index contributed by atoms with van der Waals surface area (Å²) < 4.78 is 0.254. The first-order chi connectivity index (χ1) is 25.9. The van der Waals surface area contributed by atoms with Crippen molar-refractivity contribution in [1.29, 1.82) is 0 Å². The fourth-order valence-electron chi connectivity index (χ4n) is 11.7. The minimum absolute atomic E-state index is 0.127. The average Bonchev–Trinajstić information content (AvgIpc) is 3.69. The van der Waals surface area contributed by atoms with Crippen molar-refractivity contribution in [2.75, 3.05) is 0 Å². The molecular weight excluding hydrogens is 791 g/mol. The molecule has 4 aliphatic rings. The molecular formula is C50H61Cl2SiZr. The zero-order valence-electron chi connectivity index (χ0n) is 33.7. The summed E-state index contributed by atoms with van der Waals surface area (Å²) in [5, 5.41) is 0. The zero-order chi connectivity index (χ0) is 37.9. The fourth-order valence-corrected chi connectivity index (χ4v) is 42.9. The van der Waals surface area contributed by atoms with Crippen molar-refractivity contribution in [3.63, 3.8) is 0 Å². The molecule has 2 fully saturated rings. The molecule has 2 saturated carbocycles. The van der Waals surface area contributed by atoms with E-state index in [-0.39, 0.29) is 7.25 Å². The first-order valence-electron chi connectivity index (χ1n) is 21.3. The van der Waals surface area contributed by atoms with E-state index >= 15 is 0 Å². The summed E-state index contributed by atoms with van der Waals surface area (Å²) in [6, 6.07) is 32.5. The third kappa shape index (κ3) is 6.50. The fraction of sp³-hybridized carbons (Fsp3) is 0.440. The molecule has 4 aliphatic carbocycles. The number of rotatable bonds is 13. The number of fused-ring (bicyclic) bond motifs is 2. The summed E-state index contributed by atoms with van der Waals surface area (Å²) in [6.45, 7) is 14.2. The van der Waals surface area contributed by atoms with Crippen LogP contribution in [0.4, 0.5) is 0 Å². The first kappa shape index (κ1) is 38.9. The van der Waals surface area contributed by atoms with Gasteiger partial charge in [0.15, 0.2) is 0 Å². The van der Waals surface area contributed by atoms with Crippen molar-refractivity contribution in [3.05, 3.63) is 129 Å². The minimum atomic E-state index is -5.01. The predicted molar refractivity (Wildman–Crippen MR) is 237 cm³/mol. The van der Waals surface area contributed by atoms with Gasteiger partial charge in [-0.2, -0.15) is 0 Å². The molecule has 54 heavy (non-hydrogen) atoms. The second kappa shape index (κ2) is 14.8. The van der Waals surface area contributed by atoms with Gasteiger partial charge in [0.25, 0.3) is 0 Å². The van der Waals surface area contributed by atoms with Crippen molar-refractivity contribution >= 4 is 35.1 Å². The van der Waals surface area contributed by atoms with Gasteiger partial charge in [0.1, 0.15) is 0 Å². The summed E-state index contributed by atoms with van der Waals surface area (Å²) in [5.74, 6) is -1.70. The van der Waals surface area contributed by atoms with E-state index in [4.69, 9.17) is 17.0 Å². The van der Waals surface area contributed by atoms with Crippen LogP contribution in [0.15, 0.2) is 96.1 Å². The van der Waals surface area contributed by atoms with Gasteiger partial charge in [-0.25, -0.2) is 0 Å². The number of aryl methyl sites for hydroxylation is 2. The SMILES string of the molecule is CCCC1(CC2=Cc3c(-c4ccc(C)cc4)cccc3[CH]2[Zr]([Cl])([Cl])([CH]2C(CC3(CCC)CCC3)=Cc3c(-c4ccc(C)cc4)cccc32)[SiH](C)C)CCC1. The van der Waals surface area contributed by atoms with Gasteiger partial charge in [-0.05, 0) is 0 Å². The molecule has 0 bridgehead atoms. The van der Waals surface area contributed by atoms with Crippen LogP contribution in [-0.2, 0) is 15.6 Å². The number of hydrogen-bond donors (Lipinski definition) is 0. The Labute approximate surface area is 335 Å². The van der Waals surface area contributed by atoms with Crippen molar-refractivity contribution in [2.24, 2.45) is 10.8 Å².